The van der Waals surface area contributed by atoms with Crippen molar-refractivity contribution in [2.45, 2.75) is 141 Å². The Morgan fingerprint density at radius 2 is 1.15 bits per heavy atom. The molecule has 0 aromatic heterocycles. The molecular formula is C41H64O12S. The number of hydrogen-bond acceptors (Lipinski definition) is 11. The standard InChI is InChI=1S/C41H64O12S/c1-3-5-7-9-11-13-15-17-19-21-23-25-27-29-36(42)50-31-34(32-51-41-40(46)39(45)38(44)35(53-41)33-54(47,48)49)52-37(43)30-28-26-24-22-20-18-16-14-12-10-8-6-4-2/h5-8,11-14,17-20,24,26,34-35,38-41,44-46H,3-4,9-10,15-16,21-23,25,27-33H2,1-2H3,(H,47,48,49)/b7-5-,8-6-,13-11-,14-12-,19-17-,20-18-,26-24-. The summed E-state index contributed by atoms with van der Waals surface area (Å²) in [7, 11) is -4.61. The van der Waals surface area contributed by atoms with Gasteiger partial charge >= 0.3 is 11.9 Å². The van der Waals surface area contributed by atoms with E-state index in [4.69, 9.17) is 18.9 Å². The highest BCUT2D eigenvalue weighted by molar-refractivity contribution is 7.85. The van der Waals surface area contributed by atoms with E-state index in [0.29, 0.717) is 19.3 Å². The van der Waals surface area contributed by atoms with Crippen molar-refractivity contribution in [2.75, 3.05) is 19.0 Å². The van der Waals surface area contributed by atoms with E-state index in [1.165, 1.54) is 0 Å². The number of allylic oxidation sites excluding steroid dienone is 14. The van der Waals surface area contributed by atoms with Crippen LogP contribution in [0.5, 0.6) is 0 Å². The second-order valence-corrected chi connectivity index (χ2v) is 14.3. The van der Waals surface area contributed by atoms with Gasteiger partial charge < -0.3 is 34.3 Å². The summed E-state index contributed by atoms with van der Waals surface area (Å²) in [6.45, 7) is 3.39. The van der Waals surface area contributed by atoms with Crippen LogP contribution in [-0.2, 0) is 38.7 Å². The van der Waals surface area contributed by atoms with Gasteiger partial charge in [-0.1, -0.05) is 105 Å². The minimum absolute atomic E-state index is 0.0314. The second-order valence-electron chi connectivity index (χ2n) is 12.8. The van der Waals surface area contributed by atoms with Crippen LogP contribution in [0.1, 0.15) is 104 Å². The van der Waals surface area contributed by atoms with Crippen LogP contribution in [0.2, 0.25) is 0 Å². The molecule has 0 bridgehead atoms. The van der Waals surface area contributed by atoms with Crippen LogP contribution in [-0.4, -0.2) is 96.0 Å². The van der Waals surface area contributed by atoms with Gasteiger partial charge in [0.15, 0.2) is 12.4 Å². The normalized spacial score (nSPS) is 21.9. The number of unbranched alkanes of at least 4 members (excludes halogenated alkanes) is 3. The maximum Gasteiger partial charge on any atom is 0.306 e. The molecular weight excluding hydrogens is 717 g/mol. The van der Waals surface area contributed by atoms with Crippen LogP contribution < -0.4 is 0 Å². The third kappa shape index (κ3) is 25.8. The lowest BCUT2D eigenvalue weighted by Gasteiger charge is -2.40. The molecule has 1 saturated heterocycles. The lowest BCUT2D eigenvalue weighted by atomic mass is 10.00. The highest BCUT2D eigenvalue weighted by Crippen LogP contribution is 2.23. The molecule has 1 heterocycles. The lowest BCUT2D eigenvalue weighted by Crippen LogP contribution is -2.60. The van der Waals surface area contributed by atoms with Gasteiger partial charge in [-0.3, -0.25) is 14.1 Å². The summed E-state index contributed by atoms with van der Waals surface area (Å²) < 4.78 is 53.7. The van der Waals surface area contributed by atoms with E-state index < -0.39 is 71.2 Å². The topological polar surface area (TPSA) is 186 Å². The van der Waals surface area contributed by atoms with Gasteiger partial charge in [-0.2, -0.15) is 8.42 Å². The molecule has 12 nitrogen and oxygen atoms in total. The monoisotopic (exact) mass is 780 g/mol. The van der Waals surface area contributed by atoms with Crippen molar-refractivity contribution in [1.29, 1.82) is 0 Å². The van der Waals surface area contributed by atoms with Crippen LogP contribution in [0, 0.1) is 0 Å². The average Bonchev–Trinajstić information content (AvgIpc) is 3.13. The SMILES string of the molecule is CC/C=C\C/C=C\C/C=C\C/C=C\CCC(=O)OC(COC(=O)CCCCC/C=C\C/C=C\C/C=C\CC)COC1OC(CS(=O)(=O)O)C(O)C(O)C1O. The van der Waals surface area contributed by atoms with Gasteiger partial charge in [0, 0.05) is 12.8 Å². The third-order valence-electron chi connectivity index (χ3n) is 7.98. The highest BCUT2D eigenvalue weighted by Gasteiger charge is 2.46. The van der Waals surface area contributed by atoms with Crippen molar-refractivity contribution < 1.29 is 56.8 Å². The summed E-state index contributed by atoms with van der Waals surface area (Å²) in [5.41, 5.74) is 0. The van der Waals surface area contributed by atoms with Gasteiger partial charge in [0.25, 0.3) is 10.1 Å². The fourth-order valence-electron chi connectivity index (χ4n) is 5.05. The highest BCUT2D eigenvalue weighted by atomic mass is 32.2. The van der Waals surface area contributed by atoms with Crippen LogP contribution >= 0.6 is 0 Å². The van der Waals surface area contributed by atoms with E-state index in [2.05, 4.69) is 80.7 Å². The molecule has 6 atom stereocenters. The van der Waals surface area contributed by atoms with E-state index in [1.54, 1.807) is 0 Å². The molecule has 13 heteroatoms. The predicted octanol–water partition coefficient (Wildman–Crippen LogP) is 6.55. The fourth-order valence-corrected chi connectivity index (χ4v) is 5.75. The quantitative estimate of drug-likeness (QED) is 0.0278. The van der Waals surface area contributed by atoms with Gasteiger partial charge in [-0.15, -0.1) is 0 Å². The summed E-state index contributed by atoms with van der Waals surface area (Å²) in [4.78, 5) is 25.2. The molecule has 4 N–H and O–H groups in total. The number of carbonyl (C=O) groups excluding carboxylic acids is 2. The molecule has 0 radical (unpaired) electrons. The Balaban J connectivity index is 2.61. The molecule has 0 saturated carbocycles. The van der Waals surface area contributed by atoms with E-state index in [0.717, 1.165) is 57.8 Å². The lowest BCUT2D eigenvalue weighted by molar-refractivity contribution is -0.297. The van der Waals surface area contributed by atoms with Gasteiger partial charge in [0.05, 0.1) is 6.61 Å². The number of ether oxygens (including phenoxy) is 4. The molecule has 1 fully saturated rings. The van der Waals surface area contributed by atoms with Gasteiger partial charge in [-0.25, -0.2) is 0 Å². The zero-order valence-corrected chi connectivity index (χ0v) is 32.8. The molecule has 1 rings (SSSR count). The van der Waals surface area contributed by atoms with E-state index >= 15 is 0 Å². The first kappa shape index (κ1) is 48.8. The maximum atomic E-state index is 12.7. The Kier molecular flexibility index (Phi) is 28.1. The Bertz CT molecular complexity index is 1330. The summed E-state index contributed by atoms with van der Waals surface area (Å²) in [6.07, 6.45) is 29.5. The van der Waals surface area contributed by atoms with E-state index in [9.17, 15) is 37.9 Å². The van der Waals surface area contributed by atoms with Crippen molar-refractivity contribution in [3.63, 3.8) is 0 Å². The Labute approximate surface area is 322 Å². The minimum atomic E-state index is -4.61. The van der Waals surface area contributed by atoms with Gasteiger partial charge in [0.2, 0.25) is 0 Å². The van der Waals surface area contributed by atoms with Crippen molar-refractivity contribution >= 4 is 22.1 Å². The van der Waals surface area contributed by atoms with Crippen molar-refractivity contribution in [1.82, 2.24) is 0 Å². The first-order valence-electron chi connectivity index (χ1n) is 19.1. The predicted molar refractivity (Wildman–Crippen MR) is 210 cm³/mol. The van der Waals surface area contributed by atoms with Crippen LogP contribution in [0.4, 0.5) is 0 Å². The fraction of sp³-hybridized carbons (Fsp3) is 0.610. The molecule has 0 aromatic carbocycles. The molecule has 0 aliphatic carbocycles. The molecule has 6 unspecified atom stereocenters. The molecule has 54 heavy (non-hydrogen) atoms. The number of hydrogen-bond donors (Lipinski definition) is 4. The van der Waals surface area contributed by atoms with E-state index in [1.807, 2.05) is 18.2 Å². The van der Waals surface area contributed by atoms with Crippen LogP contribution in [0.3, 0.4) is 0 Å². The number of carbonyl (C=O) groups is 2. The van der Waals surface area contributed by atoms with Crippen molar-refractivity contribution in [3.05, 3.63) is 85.1 Å². The van der Waals surface area contributed by atoms with Crippen molar-refractivity contribution in [2.24, 2.45) is 0 Å². The largest absolute Gasteiger partial charge is 0.462 e. The zero-order chi connectivity index (χ0) is 39.9. The third-order valence-corrected chi connectivity index (χ3v) is 8.73. The summed E-state index contributed by atoms with van der Waals surface area (Å²) in [6, 6.07) is 0. The number of rotatable bonds is 29. The first-order valence-corrected chi connectivity index (χ1v) is 20.8. The van der Waals surface area contributed by atoms with Crippen LogP contribution in [0.15, 0.2) is 85.1 Å². The smallest absolute Gasteiger partial charge is 0.306 e. The Morgan fingerprint density at radius 3 is 1.69 bits per heavy atom. The molecule has 0 aromatic rings. The first-order chi connectivity index (χ1) is 26.0. The molecule has 306 valence electrons. The van der Waals surface area contributed by atoms with Gasteiger partial charge in [-0.05, 0) is 70.6 Å². The molecule has 1 aliphatic rings. The maximum absolute atomic E-state index is 12.7. The Hall–Kier alpha value is -3.17. The Morgan fingerprint density at radius 1 is 0.630 bits per heavy atom. The summed E-state index contributed by atoms with van der Waals surface area (Å²) >= 11 is 0. The molecule has 0 amide bonds. The summed E-state index contributed by atoms with van der Waals surface area (Å²) in [5.74, 6) is -2.14. The average molecular weight is 781 g/mol. The minimum Gasteiger partial charge on any atom is -0.462 e. The van der Waals surface area contributed by atoms with Gasteiger partial charge in [0.1, 0.15) is 36.8 Å². The number of aliphatic hydroxyl groups is 3. The number of esters is 2. The molecule has 0 spiro atoms. The molecule has 1 aliphatic heterocycles. The number of aliphatic hydroxyl groups excluding tert-OH is 3. The second kappa shape index (κ2) is 31.1. The zero-order valence-electron chi connectivity index (χ0n) is 32.0. The van der Waals surface area contributed by atoms with E-state index in [-0.39, 0.29) is 19.4 Å². The summed E-state index contributed by atoms with van der Waals surface area (Å²) in [5, 5.41) is 30.7. The van der Waals surface area contributed by atoms with Crippen molar-refractivity contribution in [3.8, 4) is 0 Å². The van der Waals surface area contributed by atoms with Crippen LogP contribution in [0.25, 0.3) is 0 Å².